The predicted molar refractivity (Wildman–Crippen MR) is 94.5 cm³/mol. The van der Waals surface area contributed by atoms with Crippen LogP contribution in [0.25, 0.3) is 5.65 Å². The van der Waals surface area contributed by atoms with Gasteiger partial charge in [-0.3, -0.25) is 4.79 Å². The number of carbonyl (C=O) groups excluding carboxylic acids is 1. The molecule has 0 aliphatic heterocycles. The number of hydrogen-bond donors (Lipinski definition) is 1. The van der Waals surface area contributed by atoms with Gasteiger partial charge in [-0.15, -0.1) is 0 Å². The molecule has 0 saturated carbocycles. The van der Waals surface area contributed by atoms with E-state index in [-0.39, 0.29) is 5.91 Å². The van der Waals surface area contributed by atoms with E-state index in [4.69, 9.17) is 4.74 Å². The average molecular weight is 323 g/mol. The van der Waals surface area contributed by atoms with Crippen molar-refractivity contribution in [2.45, 2.75) is 26.7 Å². The number of rotatable bonds is 6. The zero-order valence-electron chi connectivity index (χ0n) is 14.0. The van der Waals surface area contributed by atoms with Gasteiger partial charge in [0.25, 0.3) is 0 Å². The Hall–Kier alpha value is -2.82. The van der Waals surface area contributed by atoms with Crippen molar-refractivity contribution in [3.63, 3.8) is 0 Å². The molecule has 1 N–H and O–H groups in total. The van der Waals surface area contributed by atoms with Crippen molar-refractivity contribution in [2.24, 2.45) is 0 Å². The molecule has 5 nitrogen and oxygen atoms in total. The van der Waals surface area contributed by atoms with Crippen LogP contribution in [-0.2, 0) is 4.79 Å². The van der Waals surface area contributed by atoms with E-state index in [1.54, 1.807) is 0 Å². The number of amides is 1. The molecule has 0 spiro atoms. The minimum atomic E-state index is -0.0296. The Balaban J connectivity index is 1.55. The second kappa shape index (κ2) is 7.17. The van der Waals surface area contributed by atoms with Gasteiger partial charge < -0.3 is 14.5 Å². The Morgan fingerprint density at radius 3 is 2.75 bits per heavy atom. The van der Waals surface area contributed by atoms with Crippen molar-refractivity contribution in [1.29, 1.82) is 0 Å². The summed E-state index contributed by atoms with van der Waals surface area (Å²) < 4.78 is 7.59. The molecule has 1 aromatic carbocycles. The minimum absolute atomic E-state index is 0.0296. The maximum absolute atomic E-state index is 12.2. The molecule has 0 unspecified atom stereocenters. The van der Waals surface area contributed by atoms with Crippen molar-refractivity contribution in [2.75, 3.05) is 11.9 Å². The molecule has 0 atom stereocenters. The van der Waals surface area contributed by atoms with E-state index in [1.165, 1.54) is 0 Å². The third-order valence-corrected chi connectivity index (χ3v) is 3.96. The van der Waals surface area contributed by atoms with E-state index in [9.17, 15) is 4.79 Å². The van der Waals surface area contributed by atoms with Crippen LogP contribution in [0.3, 0.4) is 0 Å². The van der Waals surface area contributed by atoms with Crippen LogP contribution in [0.4, 0.5) is 5.69 Å². The van der Waals surface area contributed by atoms with E-state index in [2.05, 4.69) is 10.3 Å². The molecule has 3 aromatic rings. The van der Waals surface area contributed by atoms with E-state index in [1.807, 2.05) is 66.9 Å². The number of hydrogen-bond acceptors (Lipinski definition) is 3. The highest BCUT2D eigenvalue weighted by atomic mass is 16.5. The summed E-state index contributed by atoms with van der Waals surface area (Å²) in [6.07, 6.45) is 3.02. The number of pyridine rings is 1. The normalized spacial score (nSPS) is 10.8. The van der Waals surface area contributed by atoms with Gasteiger partial charge in [0.05, 0.1) is 18.0 Å². The Kier molecular flexibility index (Phi) is 4.79. The molecule has 2 heterocycles. The third-order valence-electron chi connectivity index (χ3n) is 3.96. The van der Waals surface area contributed by atoms with Crippen LogP contribution in [-0.4, -0.2) is 21.9 Å². The summed E-state index contributed by atoms with van der Waals surface area (Å²) in [5, 5.41) is 2.95. The van der Waals surface area contributed by atoms with Crippen LogP contribution >= 0.6 is 0 Å². The second-order valence-electron chi connectivity index (χ2n) is 5.71. The minimum Gasteiger partial charge on any atom is -0.494 e. The molecule has 0 bridgehead atoms. The van der Waals surface area contributed by atoms with Gasteiger partial charge in [0.2, 0.25) is 5.91 Å². The zero-order chi connectivity index (χ0) is 16.9. The molecule has 0 aliphatic carbocycles. The van der Waals surface area contributed by atoms with Crippen LogP contribution < -0.4 is 10.1 Å². The molecular formula is C19H21N3O2. The first kappa shape index (κ1) is 16.1. The molecule has 1 amide bonds. The lowest BCUT2D eigenvalue weighted by atomic mass is 10.3. The van der Waals surface area contributed by atoms with Gasteiger partial charge in [-0.25, -0.2) is 4.98 Å². The van der Waals surface area contributed by atoms with E-state index >= 15 is 0 Å². The van der Waals surface area contributed by atoms with Crippen molar-refractivity contribution in [3.8, 4) is 5.75 Å². The first-order chi connectivity index (χ1) is 11.6. The first-order valence-corrected chi connectivity index (χ1v) is 8.07. The summed E-state index contributed by atoms with van der Waals surface area (Å²) in [5.74, 6) is 0.795. The number of aromatic nitrogens is 2. The third kappa shape index (κ3) is 3.56. The summed E-state index contributed by atoms with van der Waals surface area (Å²) >= 11 is 0. The fourth-order valence-corrected chi connectivity index (χ4v) is 2.55. The molecular weight excluding hydrogens is 302 g/mol. The molecule has 0 aliphatic rings. The average Bonchev–Trinajstić information content (AvgIpc) is 2.89. The monoisotopic (exact) mass is 323 g/mol. The van der Waals surface area contributed by atoms with Crippen molar-refractivity contribution in [3.05, 3.63) is 60.0 Å². The molecule has 2 aromatic heterocycles. The van der Waals surface area contributed by atoms with Crippen molar-refractivity contribution >= 4 is 17.2 Å². The van der Waals surface area contributed by atoms with Gasteiger partial charge in [0.15, 0.2) is 5.65 Å². The molecule has 5 heteroatoms. The summed E-state index contributed by atoms with van der Waals surface area (Å²) in [7, 11) is 0. The van der Waals surface area contributed by atoms with Crippen LogP contribution in [0.1, 0.15) is 24.2 Å². The highest BCUT2D eigenvalue weighted by Crippen LogP contribution is 2.19. The number of nitrogens with zero attached hydrogens (tertiary/aromatic N) is 2. The number of carbonyl (C=O) groups is 1. The lowest BCUT2D eigenvalue weighted by Crippen LogP contribution is -2.13. The van der Waals surface area contributed by atoms with Crippen LogP contribution in [0.15, 0.2) is 48.7 Å². The zero-order valence-corrected chi connectivity index (χ0v) is 14.0. The smallest absolute Gasteiger partial charge is 0.224 e. The number of ether oxygens (including phenoxy) is 1. The summed E-state index contributed by atoms with van der Waals surface area (Å²) in [5.41, 5.74) is 3.56. The van der Waals surface area contributed by atoms with E-state index in [0.29, 0.717) is 19.4 Å². The van der Waals surface area contributed by atoms with Crippen LogP contribution in [0.2, 0.25) is 0 Å². The quantitative estimate of drug-likeness (QED) is 0.703. The molecule has 24 heavy (non-hydrogen) atoms. The number of aryl methyl sites for hydroxylation is 2. The Morgan fingerprint density at radius 1 is 1.17 bits per heavy atom. The van der Waals surface area contributed by atoms with Crippen LogP contribution in [0.5, 0.6) is 5.75 Å². The van der Waals surface area contributed by atoms with Gasteiger partial charge in [-0.2, -0.15) is 0 Å². The number of nitrogens with one attached hydrogen (secondary N) is 1. The van der Waals surface area contributed by atoms with Crippen molar-refractivity contribution in [1.82, 2.24) is 9.38 Å². The number of anilines is 1. The largest absolute Gasteiger partial charge is 0.494 e. The molecule has 0 fully saturated rings. The second-order valence-corrected chi connectivity index (χ2v) is 5.71. The Bertz CT molecular complexity index is 840. The summed E-state index contributed by atoms with van der Waals surface area (Å²) in [6, 6.07) is 13.4. The number of benzene rings is 1. The lowest BCUT2D eigenvalue weighted by Gasteiger charge is -2.08. The fraction of sp³-hybridized carbons (Fsp3) is 0.263. The molecule has 0 saturated heterocycles. The molecule has 3 rings (SSSR count). The van der Waals surface area contributed by atoms with E-state index < -0.39 is 0 Å². The maximum Gasteiger partial charge on any atom is 0.224 e. The topological polar surface area (TPSA) is 55.6 Å². The predicted octanol–water partition coefficient (Wildman–Crippen LogP) is 3.75. The summed E-state index contributed by atoms with van der Waals surface area (Å²) in [6.45, 7) is 4.50. The van der Waals surface area contributed by atoms with Gasteiger partial charge in [0, 0.05) is 18.3 Å². The van der Waals surface area contributed by atoms with Crippen LogP contribution in [0, 0.1) is 13.8 Å². The fourth-order valence-electron chi connectivity index (χ4n) is 2.55. The number of imidazole rings is 1. The first-order valence-electron chi connectivity index (χ1n) is 8.07. The summed E-state index contributed by atoms with van der Waals surface area (Å²) in [4.78, 5) is 16.7. The highest BCUT2D eigenvalue weighted by Gasteiger charge is 2.10. The van der Waals surface area contributed by atoms with Gasteiger partial charge in [0.1, 0.15) is 5.75 Å². The number of fused-ring (bicyclic) bond motifs is 1. The highest BCUT2D eigenvalue weighted by molar-refractivity contribution is 5.94. The standard InChI is InChI=1S/C19H21N3O2/c1-14-15(2)22-12-6-10-17(19(22)20-14)21-18(23)11-7-13-24-16-8-4-3-5-9-16/h3-6,8-10,12H,7,11,13H2,1-2H3,(H,21,23). The molecule has 0 radical (unpaired) electrons. The Labute approximate surface area is 141 Å². The van der Waals surface area contributed by atoms with Gasteiger partial charge in [-0.1, -0.05) is 18.2 Å². The SMILES string of the molecule is Cc1nc2c(NC(=O)CCCOc3ccccc3)cccn2c1C. The Morgan fingerprint density at radius 2 is 1.96 bits per heavy atom. The van der Waals surface area contributed by atoms with Gasteiger partial charge >= 0.3 is 0 Å². The lowest BCUT2D eigenvalue weighted by molar-refractivity contribution is -0.116. The van der Waals surface area contributed by atoms with Gasteiger partial charge in [-0.05, 0) is 44.5 Å². The van der Waals surface area contributed by atoms with E-state index in [0.717, 1.165) is 28.5 Å². The number of para-hydroxylation sites is 1. The maximum atomic E-state index is 12.2. The van der Waals surface area contributed by atoms with Crippen molar-refractivity contribution < 1.29 is 9.53 Å². The molecule has 124 valence electrons.